The van der Waals surface area contributed by atoms with Crippen LogP contribution in [0.15, 0.2) is 16.7 Å². The molecule has 4 nitrogen and oxygen atoms in total. The van der Waals surface area contributed by atoms with Crippen LogP contribution in [0.5, 0.6) is 5.88 Å². The molecule has 0 radical (unpaired) electrons. The van der Waals surface area contributed by atoms with E-state index in [9.17, 15) is 0 Å². The van der Waals surface area contributed by atoms with Crippen LogP contribution in [-0.4, -0.2) is 31.3 Å². The van der Waals surface area contributed by atoms with Crippen molar-refractivity contribution in [2.75, 3.05) is 26.4 Å². The zero-order chi connectivity index (χ0) is 14.6. The maximum absolute atomic E-state index is 5.71. The smallest absolute Gasteiger partial charge is 0.217 e. The van der Waals surface area contributed by atoms with Crippen LogP contribution in [0.2, 0.25) is 0 Å². The summed E-state index contributed by atoms with van der Waals surface area (Å²) in [5.74, 6) is 0.691. The third kappa shape index (κ3) is 7.22. The van der Waals surface area contributed by atoms with Crippen LogP contribution < -0.4 is 10.1 Å². The first-order chi connectivity index (χ1) is 9.77. The molecule has 0 aliphatic heterocycles. The predicted molar refractivity (Wildman–Crippen MR) is 85.2 cm³/mol. The number of pyridine rings is 1. The molecule has 0 fully saturated rings. The third-order valence-corrected chi connectivity index (χ3v) is 3.18. The van der Waals surface area contributed by atoms with Crippen molar-refractivity contribution in [3.63, 3.8) is 0 Å². The summed E-state index contributed by atoms with van der Waals surface area (Å²) < 4.78 is 12.2. The van der Waals surface area contributed by atoms with Crippen molar-refractivity contribution in [3.8, 4) is 5.88 Å². The SMILES string of the molecule is CCCCOCCOc1ncc(Br)cc1CNCCC. The molecule has 0 spiro atoms. The van der Waals surface area contributed by atoms with Gasteiger partial charge in [0.1, 0.15) is 6.61 Å². The zero-order valence-corrected chi connectivity index (χ0v) is 14.0. The molecule has 1 rings (SSSR count). The fraction of sp³-hybridized carbons (Fsp3) is 0.667. The van der Waals surface area contributed by atoms with E-state index in [2.05, 4.69) is 40.1 Å². The summed E-state index contributed by atoms with van der Waals surface area (Å²) in [7, 11) is 0. The Balaban J connectivity index is 2.38. The van der Waals surface area contributed by atoms with Gasteiger partial charge in [-0.15, -0.1) is 0 Å². The fourth-order valence-electron chi connectivity index (χ4n) is 1.67. The first-order valence-electron chi connectivity index (χ1n) is 7.33. The Morgan fingerprint density at radius 2 is 2.05 bits per heavy atom. The van der Waals surface area contributed by atoms with Crippen molar-refractivity contribution in [1.82, 2.24) is 10.3 Å². The normalized spacial score (nSPS) is 10.8. The van der Waals surface area contributed by atoms with Crippen molar-refractivity contribution in [3.05, 3.63) is 22.3 Å². The average molecular weight is 345 g/mol. The van der Waals surface area contributed by atoms with Gasteiger partial charge in [-0.05, 0) is 41.4 Å². The lowest BCUT2D eigenvalue weighted by atomic mass is 10.2. The van der Waals surface area contributed by atoms with E-state index < -0.39 is 0 Å². The molecule has 1 aromatic rings. The van der Waals surface area contributed by atoms with Gasteiger partial charge in [-0.2, -0.15) is 0 Å². The predicted octanol–water partition coefficient (Wildman–Crippen LogP) is 3.54. The summed E-state index contributed by atoms with van der Waals surface area (Å²) in [6, 6.07) is 2.04. The van der Waals surface area contributed by atoms with Crippen LogP contribution in [0.25, 0.3) is 0 Å². The largest absolute Gasteiger partial charge is 0.475 e. The summed E-state index contributed by atoms with van der Waals surface area (Å²) >= 11 is 3.45. The molecule has 20 heavy (non-hydrogen) atoms. The Hall–Kier alpha value is -0.650. The maximum atomic E-state index is 5.71. The molecule has 0 aromatic carbocycles. The second kappa shape index (κ2) is 11.1. The van der Waals surface area contributed by atoms with E-state index in [-0.39, 0.29) is 0 Å². The fourth-order valence-corrected chi connectivity index (χ4v) is 2.05. The Morgan fingerprint density at radius 3 is 2.80 bits per heavy atom. The molecule has 1 N–H and O–H groups in total. The number of rotatable bonds is 11. The van der Waals surface area contributed by atoms with Crippen molar-refractivity contribution >= 4 is 15.9 Å². The minimum absolute atomic E-state index is 0.541. The summed E-state index contributed by atoms with van der Waals surface area (Å²) in [6.45, 7) is 8.02. The number of hydrogen-bond donors (Lipinski definition) is 1. The topological polar surface area (TPSA) is 43.4 Å². The molecule has 114 valence electrons. The molecule has 0 saturated carbocycles. The van der Waals surface area contributed by atoms with Gasteiger partial charge in [-0.1, -0.05) is 20.3 Å². The van der Waals surface area contributed by atoms with Gasteiger partial charge in [-0.25, -0.2) is 4.98 Å². The van der Waals surface area contributed by atoms with Gasteiger partial charge in [0.25, 0.3) is 0 Å². The monoisotopic (exact) mass is 344 g/mol. The zero-order valence-electron chi connectivity index (χ0n) is 12.5. The van der Waals surface area contributed by atoms with Gasteiger partial charge < -0.3 is 14.8 Å². The van der Waals surface area contributed by atoms with Gasteiger partial charge in [0.15, 0.2) is 0 Å². The van der Waals surface area contributed by atoms with Gasteiger partial charge >= 0.3 is 0 Å². The molecule has 0 bridgehead atoms. The lowest BCUT2D eigenvalue weighted by Crippen LogP contribution is -2.16. The van der Waals surface area contributed by atoms with Crippen LogP contribution in [0.4, 0.5) is 0 Å². The average Bonchev–Trinajstić information content (AvgIpc) is 2.45. The van der Waals surface area contributed by atoms with E-state index in [0.717, 1.165) is 49.0 Å². The molecule has 0 atom stereocenters. The number of unbranched alkanes of at least 4 members (excludes halogenated alkanes) is 1. The number of hydrogen-bond acceptors (Lipinski definition) is 4. The standard InChI is InChI=1S/C15H25BrN2O2/c1-3-5-7-19-8-9-20-15-13(11-17-6-4-2)10-14(16)12-18-15/h10,12,17H,3-9,11H2,1-2H3. The second-order valence-corrected chi connectivity index (χ2v) is 5.52. The van der Waals surface area contributed by atoms with Crippen molar-refractivity contribution in [1.29, 1.82) is 0 Å². The minimum Gasteiger partial charge on any atom is -0.475 e. The van der Waals surface area contributed by atoms with E-state index >= 15 is 0 Å². The van der Waals surface area contributed by atoms with Crippen molar-refractivity contribution < 1.29 is 9.47 Å². The summed E-state index contributed by atoms with van der Waals surface area (Å²) in [5, 5.41) is 3.37. The van der Waals surface area contributed by atoms with E-state index in [1.165, 1.54) is 0 Å². The first kappa shape index (κ1) is 17.4. The van der Waals surface area contributed by atoms with Gasteiger partial charge in [0.05, 0.1) is 6.61 Å². The summed E-state index contributed by atoms with van der Waals surface area (Å²) in [5.41, 5.74) is 1.07. The molecule has 0 aliphatic rings. The van der Waals surface area contributed by atoms with E-state index in [1.807, 2.05) is 6.07 Å². The quantitative estimate of drug-likeness (QED) is 0.623. The van der Waals surface area contributed by atoms with E-state index in [4.69, 9.17) is 9.47 Å². The van der Waals surface area contributed by atoms with Crippen LogP contribution in [0.3, 0.4) is 0 Å². The highest BCUT2D eigenvalue weighted by Gasteiger charge is 2.06. The van der Waals surface area contributed by atoms with E-state index in [0.29, 0.717) is 19.1 Å². The first-order valence-corrected chi connectivity index (χ1v) is 8.12. The summed E-state index contributed by atoms with van der Waals surface area (Å²) in [4.78, 5) is 4.33. The highest BCUT2D eigenvalue weighted by molar-refractivity contribution is 9.10. The number of nitrogens with zero attached hydrogens (tertiary/aromatic N) is 1. The van der Waals surface area contributed by atoms with Crippen molar-refractivity contribution in [2.24, 2.45) is 0 Å². The van der Waals surface area contributed by atoms with Gasteiger partial charge in [-0.3, -0.25) is 0 Å². The maximum Gasteiger partial charge on any atom is 0.217 e. The number of ether oxygens (including phenoxy) is 2. The Bertz CT molecular complexity index is 375. The molecule has 1 aromatic heterocycles. The number of aromatic nitrogens is 1. The molecule has 1 heterocycles. The summed E-state index contributed by atoms with van der Waals surface area (Å²) in [6.07, 6.45) is 5.13. The lowest BCUT2D eigenvalue weighted by Gasteiger charge is -2.11. The molecule has 0 saturated heterocycles. The molecule has 0 amide bonds. The minimum atomic E-state index is 0.541. The van der Waals surface area contributed by atoms with Crippen LogP contribution in [0.1, 0.15) is 38.7 Å². The molecular formula is C15H25BrN2O2. The number of nitrogens with one attached hydrogen (secondary N) is 1. The van der Waals surface area contributed by atoms with Gasteiger partial charge in [0.2, 0.25) is 5.88 Å². The Kier molecular flexibility index (Phi) is 9.62. The van der Waals surface area contributed by atoms with Crippen LogP contribution in [0, 0.1) is 0 Å². The Labute approximate surface area is 130 Å². The second-order valence-electron chi connectivity index (χ2n) is 4.61. The van der Waals surface area contributed by atoms with Crippen molar-refractivity contribution in [2.45, 2.75) is 39.7 Å². The highest BCUT2D eigenvalue weighted by Crippen LogP contribution is 2.19. The third-order valence-electron chi connectivity index (χ3n) is 2.74. The Morgan fingerprint density at radius 1 is 1.20 bits per heavy atom. The molecule has 0 aliphatic carbocycles. The number of halogens is 1. The molecule has 5 heteroatoms. The highest BCUT2D eigenvalue weighted by atomic mass is 79.9. The van der Waals surface area contributed by atoms with Crippen LogP contribution in [-0.2, 0) is 11.3 Å². The van der Waals surface area contributed by atoms with Gasteiger partial charge in [0, 0.05) is 29.4 Å². The molecule has 0 unspecified atom stereocenters. The van der Waals surface area contributed by atoms with Crippen LogP contribution >= 0.6 is 15.9 Å². The molecular weight excluding hydrogens is 320 g/mol. The van der Waals surface area contributed by atoms with E-state index in [1.54, 1.807) is 6.20 Å². The lowest BCUT2D eigenvalue weighted by molar-refractivity contribution is 0.0961.